The molecule has 0 radical (unpaired) electrons. The summed E-state index contributed by atoms with van der Waals surface area (Å²) in [5.74, 6) is 0.994. The van der Waals surface area contributed by atoms with E-state index in [1.54, 1.807) is 0 Å². The minimum Gasteiger partial charge on any atom is -0.490 e. The van der Waals surface area contributed by atoms with Gasteiger partial charge in [0.15, 0.2) is 0 Å². The van der Waals surface area contributed by atoms with E-state index in [1.807, 2.05) is 31.2 Å². The quantitative estimate of drug-likeness (QED) is 0.666. The Morgan fingerprint density at radius 1 is 1.38 bits per heavy atom. The van der Waals surface area contributed by atoms with Gasteiger partial charge in [0.05, 0.1) is 5.76 Å². The van der Waals surface area contributed by atoms with Crippen molar-refractivity contribution in [2.75, 3.05) is 5.73 Å². The van der Waals surface area contributed by atoms with Crippen molar-refractivity contribution in [1.82, 2.24) is 0 Å². The first-order valence-electron chi connectivity index (χ1n) is 4.45. The Bertz CT molecular complexity index is 344. The van der Waals surface area contributed by atoms with Crippen molar-refractivity contribution in [2.24, 2.45) is 0 Å². The fourth-order valence-electron chi connectivity index (χ4n) is 1.59. The number of benzene rings is 1. The molecule has 0 fully saturated rings. The molecule has 2 nitrogen and oxygen atoms in total. The zero-order chi connectivity index (χ0) is 9.26. The highest BCUT2D eigenvalue weighted by molar-refractivity contribution is 5.48. The van der Waals surface area contributed by atoms with Crippen molar-refractivity contribution in [3.05, 3.63) is 41.7 Å². The lowest BCUT2D eigenvalue weighted by Crippen LogP contribution is -2.01. The lowest BCUT2D eigenvalue weighted by atomic mass is 10.1. The van der Waals surface area contributed by atoms with Crippen LogP contribution < -0.4 is 5.73 Å². The molecule has 0 amide bonds. The summed E-state index contributed by atoms with van der Waals surface area (Å²) in [5.41, 5.74) is 7.75. The third-order valence-electron chi connectivity index (χ3n) is 2.29. The van der Waals surface area contributed by atoms with Crippen LogP contribution >= 0.6 is 0 Å². The number of allylic oxidation sites excluding steroid dienone is 1. The van der Waals surface area contributed by atoms with Crippen molar-refractivity contribution in [2.45, 2.75) is 19.4 Å². The number of nitrogen functional groups attached to an aromatic ring is 1. The highest BCUT2D eigenvalue weighted by atomic mass is 16.5. The van der Waals surface area contributed by atoms with Crippen molar-refractivity contribution in [3.63, 3.8) is 0 Å². The average molecular weight is 175 g/mol. The van der Waals surface area contributed by atoms with Gasteiger partial charge in [-0.15, -0.1) is 0 Å². The number of hydrogen-bond acceptors (Lipinski definition) is 2. The number of hydrogen-bond donors (Lipinski definition) is 1. The van der Waals surface area contributed by atoms with Gasteiger partial charge in [-0.1, -0.05) is 18.2 Å². The molecule has 68 valence electrons. The monoisotopic (exact) mass is 175 g/mol. The van der Waals surface area contributed by atoms with Crippen molar-refractivity contribution in [1.29, 1.82) is 0 Å². The minimum absolute atomic E-state index is 0.126. The lowest BCUT2D eigenvalue weighted by Gasteiger charge is -2.14. The van der Waals surface area contributed by atoms with Gasteiger partial charge in [0.2, 0.25) is 0 Å². The summed E-state index contributed by atoms with van der Waals surface area (Å²) in [6.07, 6.45) is 3.15. The predicted octanol–water partition coefficient (Wildman–Crippen LogP) is 2.63. The van der Waals surface area contributed by atoms with Gasteiger partial charge in [0.25, 0.3) is 0 Å². The van der Waals surface area contributed by atoms with Crippen molar-refractivity contribution in [3.8, 4) is 0 Å². The zero-order valence-electron chi connectivity index (χ0n) is 7.66. The Balaban J connectivity index is 2.23. The Morgan fingerprint density at radius 2 is 2.15 bits per heavy atom. The van der Waals surface area contributed by atoms with Crippen LogP contribution in [0.15, 0.2) is 36.1 Å². The van der Waals surface area contributed by atoms with E-state index in [9.17, 15) is 0 Å². The van der Waals surface area contributed by atoms with Crippen LogP contribution in [0.3, 0.4) is 0 Å². The fourth-order valence-corrected chi connectivity index (χ4v) is 1.59. The van der Waals surface area contributed by atoms with Gasteiger partial charge in [-0.2, -0.15) is 0 Å². The number of ether oxygens (including phenoxy) is 1. The molecule has 0 saturated carbocycles. The van der Waals surface area contributed by atoms with Crippen molar-refractivity contribution >= 4 is 5.69 Å². The third-order valence-corrected chi connectivity index (χ3v) is 2.29. The van der Waals surface area contributed by atoms with Gasteiger partial charge < -0.3 is 10.5 Å². The van der Waals surface area contributed by atoms with E-state index in [2.05, 4.69) is 6.08 Å². The molecule has 0 aromatic heterocycles. The number of nitrogens with two attached hydrogens (primary N) is 1. The summed E-state index contributed by atoms with van der Waals surface area (Å²) in [6.45, 7) is 1.97. The highest BCUT2D eigenvalue weighted by Crippen LogP contribution is 2.33. The molecule has 0 aliphatic carbocycles. The summed E-state index contributed by atoms with van der Waals surface area (Å²) in [7, 11) is 0. The Labute approximate surface area is 78.0 Å². The molecule has 0 saturated heterocycles. The molecule has 2 rings (SSSR count). The smallest absolute Gasteiger partial charge is 0.129 e. The molecule has 1 aromatic rings. The first kappa shape index (κ1) is 8.17. The summed E-state index contributed by atoms with van der Waals surface area (Å²) < 4.78 is 5.61. The van der Waals surface area contributed by atoms with Crippen LogP contribution in [0.5, 0.6) is 0 Å². The lowest BCUT2D eigenvalue weighted by molar-refractivity contribution is 0.147. The molecule has 0 spiro atoms. The van der Waals surface area contributed by atoms with E-state index in [0.29, 0.717) is 0 Å². The molecule has 1 aromatic carbocycles. The minimum atomic E-state index is 0.126. The zero-order valence-corrected chi connectivity index (χ0v) is 7.66. The van der Waals surface area contributed by atoms with E-state index in [0.717, 1.165) is 23.4 Å². The standard InChI is InChI=1S/C11H13NO/c1-8-6-7-11(13-8)9-4-2-3-5-10(9)12/h2-6,11H,7,12H2,1H3. The maximum absolute atomic E-state index is 5.84. The molecule has 1 heterocycles. The van der Waals surface area contributed by atoms with Gasteiger partial charge in [-0.25, -0.2) is 0 Å². The molecule has 0 bridgehead atoms. The van der Waals surface area contributed by atoms with Crippen molar-refractivity contribution < 1.29 is 4.74 Å². The number of para-hydroxylation sites is 1. The van der Waals surface area contributed by atoms with Crippen LogP contribution in [-0.2, 0) is 4.74 Å². The second-order valence-corrected chi connectivity index (χ2v) is 3.29. The van der Waals surface area contributed by atoms with Gasteiger partial charge in [-0.05, 0) is 19.1 Å². The van der Waals surface area contributed by atoms with Gasteiger partial charge in [0.1, 0.15) is 6.10 Å². The van der Waals surface area contributed by atoms with Crippen LogP contribution in [0.2, 0.25) is 0 Å². The molecule has 1 aliphatic rings. The maximum atomic E-state index is 5.84. The Hall–Kier alpha value is -1.44. The summed E-state index contributed by atoms with van der Waals surface area (Å²) in [6, 6.07) is 7.86. The van der Waals surface area contributed by atoms with Gasteiger partial charge in [-0.3, -0.25) is 0 Å². The highest BCUT2D eigenvalue weighted by Gasteiger charge is 2.18. The fraction of sp³-hybridized carbons (Fsp3) is 0.273. The second-order valence-electron chi connectivity index (χ2n) is 3.29. The van der Waals surface area contributed by atoms with Crippen LogP contribution in [0.1, 0.15) is 25.0 Å². The summed E-state index contributed by atoms with van der Waals surface area (Å²) >= 11 is 0. The average Bonchev–Trinajstić information content (AvgIpc) is 2.53. The van der Waals surface area contributed by atoms with Crippen LogP contribution in [0.25, 0.3) is 0 Å². The van der Waals surface area contributed by atoms with Crippen LogP contribution in [0, 0.1) is 0 Å². The van der Waals surface area contributed by atoms with Gasteiger partial charge >= 0.3 is 0 Å². The molecule has 1 aliphatic heterocycles. The predicted molar refractivity (Wildman–Crippen MR) is 53.1 cm³/mol. The third kappa shape index (κ3) is 1.52. The SMILES string of the molecule is CC1=CCC(c2ccccc2N)O1. The van der Waals surface area contributed by atoms with Gasteiger partial charge in [0, 0.05) is 17.7 Å². The van der Waals surface area contributed by atoms with E-state index in [1.165, 1.54) is 0 Å². The largest absolute Gasteiger partial charge is 0.490 e. The topological polar surface area (TPSA) is 35.2 Å². The number of rotatable bonds is 1. The first-order chi connectivity index (χ1) is 6.27. The second kappa shape index (κ2) is 3.13. The number of anilines is 1. The molecular weight excluding hydrogens is 162 g/mol. The maximum Gasteiger partial charge on any atom is 0.129 e. The van der Waals surface area contributed by atoms with E-state index >= 15 is 0 Å². The van der Waals surface area contributed by atoms with E-state index in [4.69, 9.17) is 10.5 Å². The molecular formula is C11H13NO. The first-order valence-corrected chi connectivity index (χ1v) is 4.45. The molecule has 2 heteroatoms. The van der Waals surface area contributed by atoms with E-state index in [-0.39, 0.29) is 6.10 Å². The molecule has 1 unspecified atom stereocenters. The Kier molecular flexibility index (Phi) is 1.97. The summed E-state index contributed by atoms with van der Waals surface area (Å²) in [4.78, 5) is 0. The normalized spacial score (nSPS) is 21.0. The molecule has 1 atom stereocenters. The molecule has 2 N–H and O–H groups in total. The van der Waals surface area contributed by atoms with Crippen LogP contribution in [0.4, 0.5) is 5.69 Å². The molecule has 13 heavy (non-hydrogen) atoms. The summed E-state index contributed by atoms with van der Waals surface area (Å²) in [5, 5.41) is 0. The van der Waals surface area contributed by atoms with Crippen LogP contribution in [-0.4, -0.2) is 0 Å². The van der Waals surface area contributed by atoms with E-state index < -0.39 is 0 Å². The Morgan fingerprint density at radius 3 is 2.77 bits per heavy atom.